The SMILES string of the molecule is CN1[C@@H]2CC[C@H]1CC(Oc1cc(Cl)sc1C(=O)N[C@@H]1CCCN(c3cc(-c4ccc5c(c4)COC5=O)n4ncnc(N)c34)C1)C2. The average Bonchev–Trinajstić information content (AvgIpc) is 3.76. The lowest BCUT2D eigenvalue weighted by atomic mass is 10.0. The van der Waals surface area contributed by atoms with Gasteiger partial charge in [0.25, 0.3) is 5.91 Å². The molecule has 0 saturated carbocycles. The van der Waals surface area contributed by atoms with E-state index in [1.54, 1.807) is 16.6 Å². The number of benzene rings is 1. The molecular formula is C32H34ClN7O4S. The number of nitrogens with zero attached hydrogens (tertiary/aromatic N) is 5. The number of anilines is 2. The predicted octanol–water partition coefficient (Wildman–Crippen LogP) is 4.77. The van der Waals surface area contributed by atoms with Gasteiger partial charge in [-0.1, -0.05) is 17.7 Å². The minimum absolute atomic E-state index is 0.0878. The third-order valence-corrected chi connectivity index (χ3v) is 11.1. The first-order valence-electron chi connectivity index (χ1n) is 15.5. The fourth-order valence-electron chi connectivity index (χ4n) is 7.58. The number of aromatic nitrogens is 3. The van der Waals surface area contributed by atoms with E-state index in [2.05, 4.69) is 38.3 Å². The molecule has 45 heavy (non-hydrogen) atoms. The number of nitrogens with two attached hydrogens (primary N) is 1. The number of cyclic esters (lactones) is 1. The van der Waals surface area contributed by atoms with Gasteiger partial charge in [0.1, 0.15) is 35.2 Å². The molecule has 3 aromatic heterocycles. The number of fused-ring (bicyclic) bond motifs is 4. The fraction of sp³-hybridized carbons (Fsp3) is 0.438. The van der Waals surface area contributed by atoms with E-state index in [0.29, 0.717) is 50.5 Å². The van der Waals surface area contributed by atoms with Gasteiger partial charge in [-0.3, -0.25) is 4.79 Å². The minimum atomic E-state index is -0.303. The summed E-state index contributed by atoms with van der Waals surface area (Å²) in [5.41, 5.74) is 11.2. The molecule has 3 N–H and O–H groups in total. The van der Waals surface area contributed by atoms with Crippen LogP contribution in [0.2, 0.25) is 4.34 Å². The highest BCUT2D eigenvalue weighted by Gasteiger charge is 2.40. The van der Waals surface area contributed by atoms with Gasteiger partial charge in [-0.05, 0) is 63.8 Å². The topological polar surface area (TPSA) is 127 Å². The quantitative estimate of drug-likeness (QED) is 0.285. The smallest absolute Gasteiger partial charge is 0.338 e. The lowest BCUT2D eigenvalue weighted by Crippen LogP contribution is -2.48. The molecule has 2 bridgehead atoms. The first-order chi connectivity index (χ1) is 21.8. The number of esters is 1. The van der Waals surface area contributed by atoms with Crippen molar-refractivity contribution >= 4 is 51.8 Å². The second-order valence-corrected chi connectivity index (χ2v) is 14.2. The number of halogens is 1. The van der Waals surface area contributed by atoms with Gasteiger partial charge in [-0.15, -0.1) is 11.3 Å². The molecule has 7 heterocycles. The van der Waals surface area contributed by atoms with Crippen LogP contribution < -0.4 is 20.7 Å². The number of nitrogen functional groups attached to an aromatic ring is 1. The molecule has 11 nitrogen and oxygen atoms in total. The van der Waals surface area contributed by atoms with Crippen LogP contribution in [0.15, 0.2) is 36.7 Å². The van der Waals surface area contributed by atoms with Gasteiger partial charge in [0.2, 0.25) is 0 Å². The molecule has 0 radical (unpaired) electrons. The van der Waals surface area contributed by atoms with Gasteiger partial charge in [0, 0.05) is 48.4 Å². The molecule has 8 rings (SSSR count). The number of nitrogens with one attached hydrogen (secondary N) is 1. The molecule has 1 aromatic carbocycles. The van der Waals surface area contributed by atoms with Gasteiger partial charge in [0.15, 0.2) is 5.82 Å². The number of carbonyl (C=O) groups is 2. The summed E-state index contributed by atoms with van der Waals surface area (Å²) in [4.78, 5) is 35.2. The van der Waals surface area contributed by atoms with Gasteiger partial charge in [-0.2, -0.15) is 5.10 Å². The number of hydrogen-bond acceptors (Lipinski definition) is 10. The Balaban J connectivity index is 1.02. The van der Waals surface area contributed by atoms with Crippen LogP contribution in [-0.4, -0.2) is 75.7 Å². The number of piperidine rings is 2. The summed E-state index contributed by atoms with van der Waals surface area (Å²) in [7, 11) is 2.21. The number of rotatable bonds is 6. The number of thiophene rings is 1. The molecule has 0 spiro atoms. The molecule has 13 heteroatoms. The molecule has 234 valence electrons. The Morgan fingerprint density at radius 2 is 2.00 bits per heavy atom. The van der Waals surface area contributed by atoms with E-state index in [-0.39, 0.29) is 30.6 Å². The number of hydrogen-bond donors (Lipinski definition) is 2. The van der Waals surface area contributed by atoms with Gasteiger partial charge >= 0.3 is 5.97 Å². The largest absolute Gasteiger partial charge is 0.489 e. The normalized spacial score (nSPS) is 24.6. The molecule has 3 fully saturated rings. The average molecular weight is 648 g/mol. The molecule has 0 aliphatic carbocycles. The van der Waals surface area contributed by atoms with Crippen molar-refractivity contribution < 1.29 is 19.1 Å². The van der Waals surface area contributed by atoms with Gasteiger partial charge < -0.3 is 30.3 Å². The molecule has 1 unspecified atom stereocenters. The van der Waals surface area contributed by atoms with Crippen molar-refractivity contribution in [3.8, 4) is 17.0 Å². The van der Waals surface area contributed by atoms with Crippen LogP contribution in [0.4, 0.5) is 11.5 Å². The second kappa shape index (κ2) is 11.2. The molecule has 1 amide bonds. The number of amides is 1. The monoisotopic (exact) mass is 647 g/mol. The van der Waals surface area contributed by atoms with E-state index in [9.17, 15) is 9.59 Å². The fourth-order valence-corrected chi connectivity index (χ4v) is 8.63. The molecule has 4 atom stereocenters. The Morgan fingerprint density at radius 3 is 2.82 bits per heavy atom. The Morgan fingerprint density at radius 1 is 1.18 bits per heavy atom. The van der Waals surface area contributed by atoms with Crippen molar-refractivity contribution in [2.75, 3.05) is 30.8 Å². The van der Waals surface area contributed by atoms with E-state index >= 15 is 0 Å². The first kappa shape index (κ1) is 28.6. The van der Waals surface area contributed by atoms with Crippen molar-refractivity contribution in [1.82, 2.24) is 24.8 Å². The highest BCUT2D eigenvalue weighted by atomic mass is 35.5. The van der Waals surface area contributed by atoms with Crippen LogP contribution in [0.25, 0.3) is 16.8 Å². The maximum absolute atomic E-state index is 13.7. The van der Waals surface area contributed by atoms with Crippen LogP contribution in [0, 0.1) is 0 Å². The standard InChI is InChI=1S/C32H34ClN7O4S/c1-38-20-5-6-21(38)11-22(10-20)44-26-13-27(33)45-29(26)31(41)37-19-3-2-8-39(14-19)25-12-24(40-28(25)30(34)35-16-36-40)17-4-7-23-18(9-17)15-43-32(23)42/h4,7,9,12-13,16,19-22H,2-3,5-6,8,10-11,14-15H2,1H3,(H,37,41)(H2,34,35,36)/t19-,20-,21+,22?/m1/s1. The third kappa shape index (κ3) is 5.08. The summed E-state index contributed by atoms with van der Waals surface area (Å²) in [5.74, 6) is 0.486. The van der Waals surface area contributed by atoms with Crippen LogP contribution in [0.5, 0.6) is 5.75 Å². The van der Waals surface area contributed by atoms with Gasteiger partial charge in [0.05, 0.1) is 21.3 Å². The van der Waals surface area contributed by atoms with E-state index in [1.807, 2.05) is 12.1 Å². The van der Waals surface area contributed by atoms with Crippen molar-refractivity contribution in [3.05, 3.63) is 57.0 Å². The summed E-state index contributed by atoms with van der Waals surface area (Å²) >= 11 is 7.69. The zero-order valence-electron chi connectivity index (χ0n) is 24.9. The van der Waals surface area contributed by atoms with Crippen molar-refractivity contribution in [2.45, 2.75) is 69.4 Å². The summed E-state index contributed by atoms with van der Waals surface area (Å²) in [6.45, 7) is 1.65. The third-order valence-electron chi connectivity index (χ3n) is 9.86. The highest BCUT2D eigenvalue weighted by Crippen LogP contribution is 2.40. The Labute approximate surface area is 269 Å². The summed E-state index contributed by atoms with van der Waals surface area (Å²) in [6, 6.07) is 10.5. The summed E-state index contributed by atoms with van der Waals surface area (Å²) in [6.07, 6.45) is 7.61. The minimum Gasteiger partial charge on any atom is -0.489 e. The van der Waals surface area contributed by atoms with E-state index in [0.717, 1.165) is 54.7 Å². The molecule has 4 aliphatic rings. The van der Waals surface area contributed by atoms with E-state index < -0.39 is 0 Å². The maximum atomic E-state index is 13.7. The van der Waals surface area contributed by atoms with Crippen LogP contribution in [0.3, 0.4) is 0 Å². The zero-order valence-corrected chi connectivity index (χ0v) is 26.4. The molecule has 3 saturated heterocycles. The summed E-state index contributed by atoms with van der Waals surface area (Å²) < 4.78 is 14.0. The summed E-state index contributed by atoms with van der Waals surface area (Å²) in [5, 5.41) is 7.79. The number of ether oxygens (including phenoxy) is 2. The number of carbonyl (C=O) groups excluding carboxylic acids is 2. The molecule has 4 aromatic rings. The predicted molar refractivity (Wildman–Crippen MR) is 172 cm³/mol. The first-order valence-corrected chi connectivity index (χ1v) is 16.7. The lowest BCUT2D eigenvalue weighted by molar-refractivity contribution is 0.0534. The molecular weight excluding hydrogens is 614 g/mol. The van der Waals surface area contributed by atoms with Crippen LogP contribution in [0.1, 0.15) is 64.1 Å². The highest BCUT2D eigenvalue weighted by molar-refractivity contribution is 7.18. The lowest BCUT2D eigenvalue weighted by Gasteiger charge is -2.36. The van der Waals surface area contributed by atoms with Gasteiger partial charge in [-0.25, -0.2) is 14.3 Å². The Bertz CT molecular complexity index is 1810. The van der Waals surface area contributed by atoms with E-state index in [4.69, 9.17) is 26.8 Å². The molecule has 4 aliphatic heterocycles. The van der Waals surface area contributed by atoms with Crippen molar-refractivity contribution in [2.24, 2.45) is 0 Å². The maximum Gasteiger partial charge on any atom is 0.338 e. The Kier molecular flexibility index (Phi) is 7.10. The van der Waals surface area contributed by atoms with Crippen molar-refractivity contribution in [1.29, 1.82) is 0 Å². The van der Waals surface area contributed by atoms with E-state index in [1.165, 1.54) is 30.5 Å². The zero-order chi connectivity index (χ0) is 30.8. The second-order valence-electron chi connectivity index (χ2n) is 12.5. The van der Waals surface area contributed by atoms with Crippen LogP contribution >= 0.6 is 22.9 Å². The van der Waals surface area contributed by atoms with Crippen LogP contribution in [-0.2, 0) is 11.3 Å². The van der Waals surface area contributed by atoms with Crippen molar-refractivity contribution in [3.63, 3.8) is 0 Å². The Hall–Kier alpha value is -3.87.